The van der Waals surface area contributed by atoms with Gasteiger partial charge in [0.1, 0.15) is 11.7 Å². The molecule has 0 aromatic heterocycles. The Hall–Kier alpha value is -1.49. The van der Waals surface area contributed by atoms with E-state index < -0.39 is 31.0 Å². The van der Waals surface area contributed by atoms with E-state index in [-0.39, 0.29) is 12.1 Å². The Balaban J connectivity index is 1.47. The standard InChI is InChI=1S/C23H34NO5P/c25-21(18-30(27,28)17-8-7-12-19-10-3-1-4-11-19)29-22(26)23(15-9-16-24-23)20-13-5-2-6-14-20/h1,3-4,10-11,20,24H,2,5-9,12-18H2,(H,27,28)/t23-/m1/s1. The van der Waals surface area contributed by atoms with Gasteiger partial charge in [0.25, 0.3) is 0 Å². The second kappa shape index (κ2) is 10.7. The van der Waals surface area contributed by atoms with Gasteiger partial charge in [0.15, 0.2) is 0 Å². The van der Waals surface area contributed by atoms with Crippen molar-refractivity contribution in [1.29, 1.82) is 0 Å². The summed E-state index contributed by atoms with van der Waals surface area (Å²) in [5.74, 6) is -1.26. The average molecular weight is 436 g/mol. The quantitative estimate of drug-likeness (QED) is 0.263. The lowest BCUT2D eigenvalue weighted by atomic mass is 9.74. The summed E-state index contributed by atoms with van der Waals surface area (Å²) in [6.07, 6.45) is 8.44. The van der Waals surface area contributed by atoms with Crippen LogP contribution in [0, 0.1) is 5.92 Å². The topological polar surface area (TPSA) is 92.7 Å². The van der Waals surface area contributed by atoms with Crippen molar-refractivity contribution in [3.63, 3.8) is 0 Å². The van der Waals surface area contributed by atoms with E-state index in [9.17, 15) is 19.0 Å². The van der Waals surface area contributed by atoms with Crippen LogP contribution in [0.1, 0.15) is 63.4 Å². The second-order valence-electron chi connectivity index (χ2n) is 8.77. The van der Waals surface area contributed by atoms with E-state index in [0.29, 0.717) is 12.8 Å². The highest BCUT2D eigenvalue weighted by Gasteiger charge is 2.49. The molecular weight excluding hydrogens is 401 g/mol. The molecule has 1 aromatic rings. The van der Waals surface area contributed by atoms with Gasteiger partial charge in [-0.1, -0.05) is 49.6 Å². The Morgan fingerprint density at radius 2 is 1.83 bits per heavy atom. The zero-order valence-corrected chi connectivity index (χ0v) is 18.6. The zero-order chi connectivity index (χ0) is 21.5. The number of rotatable bonds is 9. The molecule has 1 aliphatic carbocycles. The molecule has 166 valence electrons. The van der Waals surface area contributed by atoms with Crippen LogP contribution in [-0.2, 0) is 25.3 Å². The highest BCUT2D eigenvalue weighted by Crippen LogP contribution is 2.42. The van der Waals surface area contributed by atoms with Crippen molar-refractivity contribution >= 4 is 19.3 Å². The minimum Gasteiger partial charge on any atom is -0.391 e. The molecule has 1 saturated carbocycles. The number of hydrogen-bond acceptors (Lipinski definition) is 5. The summed E-state index contributed by atoms with van der Waals surface area (Å²) in [4.78, 5) is 35.4. The molecule has 6 nitrogen and oxygen atoms in total. The Bertz CT molecular complexity index is 754. The van der Waals surface area contributed by atoms with Crippen LogP contribution in [0.5, 0.6) is 0 Å². The van der Waals surface area contributed by atoms with E-state index in [4.69, 9.17) is 4.74 Å². The first-order chi connectivity index (χ1) is 14.4. The van der Waals surface area contributed by atoms with Gasteiger partial charge < -0.3 is 14.9 Å². The van der Waals surface area contributed by atoms with Gasteiger partial charge >= 0.3 is 11.9 Å². The smallest absolute Gasteiger partial charge is 0.334 e. The van der Waals surface area contributed by atoms with E-state index in [1.165, 1.54) is 12.0 Å². The first-order valence-electron chi connectivity index (χ1n) is 11.3. The highest BCUT2D eigenvalue weighted by molar-refractivity contribution is 7.58. The fraction of sp³-hybridized carbons (Fsp3) is 0.652. The van der Waals surface area contributed by atoms with Gasteiger partial charge in [0.05, 0.1) is 0 Å². The Labute approximate surface area is 179 Å². The molecule has 1 heterocycles. The molecule has 2 fully saturated rings. The summed E-state index contributed by atoms with van der Waals surface area (Å²) in [6.45, 7) is 0.736. The van der Waals surface area contributed by atoms with E-state index in [0.717, 1.165) is 51.5 Å². The van der Waals surface area contributed by atoms with Gasteiger partial charge in [-0.15, -0.1) is 0 Å². The number of benzene rings is 1. The number of esters is 2. The van der Waals surface area contributed by atoms with Gasteiger partial charge in [-0.2, -0.15) is 0 Å². The maximum atomic E-state index is 12.9. The molecule has 0 amide bonds. The minimum absolute atomic E-state index is 0.0646. The normalized spacial score (nSPS) is 24.3. The number of ether oxygens (including phenoxy) is 1. The van der Waals surface area contributed by atoms with Crippen LogP contribution in [0.3, 0.4) is 0 Å². The number of carbonyl (C=O) groups excluding carboxylic acids is 2. The molecule has 30 heavy (non-hydrogen) atoms. The van der Waals surface area contributed by atoms with Gasteiger partial charge in [-0.25, -0.2) is 4.79 Å². The van der Waals surface area contributed by atoms with Gasteiger partial charge in [0.2, 0.25) is 7.37 Å². The van der Waals surface area contributed by atoms with Crippen molar-refractivity contribution in [3.8, 4) is 0 Å². The predicted octanol–water partition coefficient (Wildman–Crippen LogP) is 4.05. The molecule has 2 atom stereocenters. The minimum atomic E-state index is -3.66. The van der Waals surface area contributed by atoms with E-state index in [1.54, 1.807) is 0 Å². The molecule has 3 rings (SSSR count). The molecular formula is C23H34NO5P. The molecule has 0 radical (unpaired) electrons. The van der Waals surface area contributed by atoms with Crippen LogP contribution < -0.4 is 5.32 Å². The zero-order valence-electron chi connectivity index (χ0n) is 17.7. The third-order valence-corrected chi connectivity index (χ3v) is 8.27. The molecule has 1 unspecified atom stereocenters. The summed E-state index contributed by atoms with van der Waals surface area (Å²) in [5.41, 5.74) is 0.387. The number of carbonyl (C=O) groups is 2. The van der Waals surface area contributed by atoms with Crippen molar-refractivity contribution < 1.29 is 23.8 Å². The maximum Gasteiger partial charge on any atom is 0.334 e. The van der Waals surface area contributed by atoms with Gasteiger partial charge in [-0.05, 0) is 63.0 Å². The highest BCUT2D eigenvalue weighted by atomic mass is 31.2. The average Bonchev–Trinajstić information content (AvgIpc) is 3.23. The third-order valence-electron chi connectivity index (χ3n) is 6.50. The van der Waals surface area contributed by atoms with E-state index >= 15 is 0 Å². The van der Waals surface area contributed by atoms with E-state index in [2.05, 4.69) is 5.32 Å². The lowest BCUT2D eigenvalue weighted by Crippen LogP contribution is -2.55. The fourth-order valence-corrected chi connectivity index (χ4v) is 6.24. The number of unbranched alkanes of at least 4 members (excludes halogenated alkanes) is 1. The summed E-state index contributed by atoms with van der Waals surface area (Å²) < 4.78 is 17.6. The number of hydrogen-bond donors (Lipinski definition) is 2. The Morgan fingerprint density at radius 1 is 1.10 bits per heavy atom. The summed E-state index contributed by atoms with van der Waals surface area (Å²) in [5, 5.41) is 3.31. The molecule has 2 N–H and O–H groups in total. The van der Waals surface area contributed by atoms with Crippen molar-refractivity contribution in [1.82, 2.24) is 5.32 Å². The summed E-state index contributed by atoms with van der Waals surface area (Å²) in [6, 6.07) is 9.95. The van der Waals surface area contributed by atoms with Gasteiger partial charge in [-0.3, -0.25) is 9.36 Å². The molecule has 7 heteroatoms. The van der Waals surface area contributed by atoms with Crippen LogP contribution in [0.15, 0.2) is 30.3 Å². The lowest BCUT2D eigenvalue weighted by molar-refractivity contribution is -0.164. The predicted molar refractivity (Wildman–Crippen MR) is 117 cm³/mol. The molecule has 1 saturated heterocycles. The lowest BCUT2D eigenvalue weighted by Gasteiger charge is -2.37. The molecule has 1 aliphatic heterocycles. The van der Waals surface area contributed by atoms with Crippen LogP contribution in [0.2, 0.25) is 0 Å². The van der Waals surface area contributed by atoms with Crippen molar-refractivity contribution in [2.45, 2.75) is 69.7 Å². The van der Waals surface area contributed by atoms with Crippen molar-refractivity contribution in [2.24, 2.45) is 5.92 Å². The number of aryl methyl sites for hydroxylation is 1. The molecule has 1 aromatic carbocycles. The Kier molecular flexibility index (Phi) is 8.27. The first kappa shape index (κ1) is 23.2. The monoisotopic (exact) mass is 435 g/mol. The van der Waals surface area contributed by atoms with Crippen LogP contribution in [-0.4, -0.2) is 41.2 Å². The molecule has 2 aliphatic rings. The maximum absolute atomic E-state index is 12.9. The molecule has 0 bridgehead atoms. The first-order valence-corrected chi connectivity index (χ1v) is 13.3. The third kappa shape index (κ3) is 6.26. The van der Waals surface area contributed by atoms with Crippen molar-refractivity contribution in [3.05, 3.63) is 35.9 Å². The summed E-state index contributed by atoms with van der Waals surface area (Å²) in [7, 11) is -3.66. The second-order valence-corrected chi connectivity index (χ2v) is 11.2. The summed E-state index contributed by atoms with van der Waals surface area (Å²) >= 11 is 0. The molecule has 0 spiro atoms. The van der Waals surface area contributed by atoms with Crippen LogP contribution >= 0.6 is 7.37 Å². The van der Waals surface area contributed by atoms with Gasteiger partial charge in [0, 0.05) is 6.16 Å². The SMILES string of the molecule is O=C(CP(=O)(O)CCCCc1ccccc1)OC(=O)[C@]1(C2CCCCC2)CCCN1. The van der Waals surface area contributed by atoms with Crippen LogP contribution in [0.4, 0.5) is 0 Å². The largest absolute Gasteiger partial charge is 0.391 e. The Morgan fingerprint density at radius 3 is 2.50 bits per heavy atom. The fourth-order valence-electron chi connectivity index (χ4n) is 4.89. The number of nitrogens with one attached hydrogen (secondary N) is 1. The van der Waals surface area contributed by atoms with E-state index in [1.807, 2.05) is 30.3 Å². The van der Waals surface area contributed by atoms with Crippen molar-refractivity contribution in [2.75, 3.05) is 18.9 Å². The van der Waals surface area contributed by atoms with Crippen LogP contribution in [0.25, 0.3) is 0 Å².